The van der Waals surface area contributed by atoms with E-state index in [1.807, 2.05) is 0 Å². The highest BCUT2D eigenvalue weighted by molar-refractivity contribution is 6.60. The van der Waals surface area contributed by atoms with Crippen LogP contribution >= 0.6 is 0 Å². The van der Waals surface area contributed by atoms with E-state index >= 15 is 0 Å². The van der Waals surface area contributed by atoms with Crippen LogP contribution in [-0.2, 0) is 4.74 Å². The molecule has 0 aromatic carbocycles. The summed E-state index contributed by atoms with van der Waals surface area (Å²) in [5.41, 5.74) is 0. The summed E-state index contributed by atoms with van der Waals surface area (Å²) >= 11 is 0. The zero-order valence-corrected chi connectivity index (χ0v) is 7.10. The molecule has 1 nitrogen and oxygen atoms in total. The van der Waals surface area contributed by atoms with Crippen molar-refractivity contribution in [2.24, 2.45) is 0 Å². The first-order chi connectivity index (χ1) is 5.55. The lowest BCUT2D eigenvalue weighted by atomic mass is 9.63. The van der Waals surface area contributed by atoms with Gasteiger partial charge in [-0.1, -0.05) is 19.3 Å². The summed E-state index contributed by atoms with van der Waals surface area (Å²) in [4.78, 5) is 0. The van der Waals surface area contributed by atoms with E-state index in [0.717, 1.165) is 6.42 Å². The molecule has 0 spiro atoms. The fourth-order valence-corrected chi connectivity index (χ4v) is 1.85. The molecule has 2 unspecified atom stereocenters. The molecule has 0 aliphatic heterocycles. The SMILES string of the molecule is COC1CCCCC1[B-](F)(F)F. The van der Waals surface area contributed by atoms with Crippen molar-refractivity contribution in [2.45, 2.75) is 37.6 Å². The van der Waals surface area contributed by atoms with Gasteiger partial charge in [0.05, 0.1) is 0 Å². The zero-order chi connectivity index (χ0) is 9.19. The zero-order valence-electron chi connectivity index (χ0n) is 7.10. The summed E-state index contributed by atoms with van der Waals surface area (Å²) < 4.78 is 41.9. The number of methoxy groups -OCH3 is 1. The summed E-state index contributed by atoms with van der Waals surface area (Å²) in [7, 11) is 1.37. The van der Waals surface area contributed by atoms with E-state index in [1.165, 1.54) is 7.11 Å². The van der Waals surface area contributed by atoms with Crippen LogP contribution < -0.4 is 0 Å². The standard InChI is InChI=1S/C7H13BF3O/c1-12-7-5-3-2-4-6(7)8(9,10)11/h6-7H,2-5H2,1H3/q-1. The van der Waals surface area contributed by atoms with Crippen LogP contribution in [-0.4, -0.2) is 20.2 Å². The van der Waals surface area contributed by atoms with Gasteiger partial charge in [0.15, 0.2) is 0 Å². The van der Waals surface area contributed by atoms with Crippen molar-refractivity contribution < 1.29 is 17.7 Å². The van der Waals surface area contributed by atoms with Crippen LogP contribution in [0.2, 0.25) is 5.82 Å². The molecule has 0 radical (unpaired) electrons. The smallest absolute Gasteiger partial charge is 0.449 e. The minimum atomic E-state index is -4.70. The van der Waals surface area contributed by atoms with Crippen molar-refractivity contribution in [1.29, 1.82) is 0 Å². The van der Waals surface area contributed by atoms with Gasteiger partial charge in [-0.2, -0.15) is 0 Å². The van der Waals surface area contributed by atoms with E-state index in [4.69, 9.17) is 4.74 Å². The number of halogens is 3. The Kier molecular flexibility index (Phi) is 3.04. The van der Waals surface area contributed by atoms with Gasteiger partial charge in [-0.05, 0) is 12.2 Å². The fraction of sp³-hybridized carbons (Fsp3) is 1.00. The van der Waals surface area contributed by atoms with E-state index in [-0.39, 0.29) is 6.42 Å². The molecule has 1 aliphatic carbocycles. The Morgan fingerprint density at radius 3 is 2.17 bits per heavy atom. The van der Waals surface area contributed by atoms with Gasteiger partial charge in [0.1, 0.15) is 0 Å². The molecule has 1 aliphatic rings. The quantitative estimate of drug-likeness (QED) is 0.595. The maximum absolute atomic E-state index is 12.4. The molecule has 0 aromatic rings. The Morgan fingerprint density at radius 1 is 1.17 bits per heavy atom. The molecule has 0 bridgehead atoms. The van der Waals surface area contributed by atoms with Gasteiger partial charge >= 0.3 is 6.98 Å². The second-order valence-corrected chi connectivity index (χ2v) is 3.35. The van der Waals surface area contributed by atoms with Gasteiger partial charge in [-0.15, -0.1) is 0 Å². The number of ether oxygens (including phenoxy) is 1. The van der Waals surface area contributed by atoms with E-state index in [9.17, 15) is 12.9 Å². The predicted molar refractivity (Wildman–Crippen MR) is 42.1 cm³/mol. The van der Waals surface area contributed by atoms with Crippen LogP contribution in [0.15, 0.2) is 0 Å². The lowest BCUT2D eigenvalue weighted by molar-refractivity contribution is 0.0597. The third kappa shape index (κ3) is 2.15. The number of hydrogen-bond acceptors (Lipinski definition) is 1. The third-order valence-electron chi connectivity index (χ3n) is 2.54. The van der Waals surface area contributed by atoms with E-state index in [0.29, 0.717) is 12.8 Å². The lowest BCUT2D eigenvalue weighted by Gasteiger charge is -2.36. The molecule has 5 heteroatoms. The Balaban J connectivity index is 2.59. The van der Waals surface area contributed by atoms with Crippen molar-refractivity contribution in [2.75, 3.05) is 7.11 Å². The molecule has 72 valence electrons. The Bertz CT molecular complexity index is 148. The molecule has 1 fully saturated rings. The lowest BCUT2D eigenvalue weighted by Crippen LogP contribution is -2.36. The van der Waals surface area contributed by atoms with E-state index in [2.05, 4.69) is 0 Å². The molecule has 1 rings (SSSR count). The average Bonchev–Trinajstić information content (AvgIpc) is 2.03. The molecule has 0 saturated heterocycles. The molecule has 0 amide bonds. The highest BCUT2D eigenvalue weighted by atomic mass is 19.4. The molecule has 0 aromatic heterocycles. The highest BCUT2D eigenvalue weighted by Gasteiger charge is 2.41. The van der Waals surface area contributed by atoms with Crippen LogP contribution in [0, 0.1) is 0 Å². The molecule has 0 heterocycles. The van der Waals surface area contributed by atoms with E-state index in [1.54, 1.807) is 0 Å². The van der Waals surface area contributed by atoms with Crippen molar-refractivity contribution in [3.63, 3.8) is 0 Å². The van der Waals surface area contributed by atoms with Crippen LogP contribution in [0.3, 0.4) is 0 Å². The maximum Gasteiger partial charge on any atom is 0.483 e. The van der Waals surface area contributed by atoms with Crippen molar-refractivity contribution >= 4 is 6.98 Å². The molecular formula is C7H13BF3O-. The van der Waals surface area contributed by atoms with Crippen LogP contribution in [0.5, 0.6) is 0 Å². The third-order valence-corrected chi connectivity index (χ3v) is 2.54. The second kappa shape index (κ2) is 3.68. The number of rotatable bonds is 2. The molecular weight excluding hydrogens is 168 g/mol. The summed E-state index contributed by atoms with van der Waals surface area (Å²) in [6.45, 7) is -4.70. The van der Waals surface area contributed by atoms with E-state index < -0.39 is 18.9 Å². The first-order valence-corrected chi connectivity index (χ1v) is 4.28. The Morgan fingerprint density at radius 2 is 1.75 bits per heavy atom. The number of hydrogen-bond donors (Lipinski definition) is 0. The van der Waals surface area contributed by atoms with Gasteiger partial charge in [0.25, 0.3) is 0 Å². The Hall–Kier alpha value is -0.185. The van der Waals surface area contributed by atoms with Gasteiger partial charge in [0.2, 0.25) is 0 Å². The largest absolute Gasteiger partial charge is 0.483 e. The Labute approximate surface area is 70.3 Å². The molecule has 1 saturated carbocycles. The summed E-state index contributed by atoms with van der Waals surface area (Å²) in [6, 6.07) is 0. The first-order valence-electron chi connectivity index (χ1n) is 4.28. The van der Waals surface area contributed by atoms with Crippen molar-refractivity contribution in [3.05, 3.63) is 0 Å². The monoisotopic (exact) mass is 181 g/mol. The molecule has 12 heavy (non-hydrogen) atoms. The highest BCUT2D eigenvalue weighted by Crippen LogP contribution is 2.40. The first kappa shape index (κ1) is 9.90. The van der Waals surface area contributed by atoms with Gasteiger partial charge in [-0.3, -0.25) is 0 Å². The molecule has 2 atom stereocenters. The van der Waals surface area contributed by atoms with Crippen LogP contribution in [0.4, 0.5) is 12.9 Å². The fourth-order valence-electron chi connectivity index (χ4n) is 1.85. The van der Waals surface area contributed by atoms with Gasteiger partial charge < -0.3 is 17.7 Å². The summed E-state index contributed by atoms with van der Waals surface area (Å²) in [6.07, 6.45) is 1.77. The molecule has 0 N–H and O–H groups in total. The van der Waals surface area contributed by atoms with Crippen molar-refractivity contribution in [3.8, 4) is 0 Å². The maximum atomic E-state index is 12.4. The average molecular weight is 181 g/mol. The topological polar surface area (TPSA) is 9.23 Å². The van der Waals surface area contributed by atoms with Gasteiger partial charge in [0, 0.05) is 13.2 Å². The second-order valence-electron chi connectivity index (χ2n) is 3.35. The normalized spacial score (nSPS) is 32.0. The minimum Gasteiger partial charge on any atom is -0.449 e. The van der Waals surface area contributed by atoms with Crippen molar-refractivity contribution in [1.82, 2.24) is 0 Å². The van der Waals surface area contributed by atoms with Crippen LogP contribution in [0.1, 0.15) is 25.7 Å². The minimum absolute atomic E-state index is 0.252. The summed E-state index contributed by atoms with van der Waals surface area (Å²) in [5.74, 6) is -1.18. The predicted octanol–water partition coefficient (Wildman–Crippen LogP) is 2.79. The van der Waals surface area contributed by atoms with Gasteiger partial charge in [-0.25, -0.2) is 0 Å². The summed E-state index contributed by atoms with van der Waals surface area (Å²) in [5, 5.41) is 0. The van der Waals surface area contributed by atoms with Crippen LogP contribution in [0.25, 0.3) is 0 Å².